The van der Waals surface area contributed by atoms with Gasteiger partial charge in [-0.2, -0.15) is 10.2 Å². The molecule has 0 saturated heterocycles. The van der Waals surface area contributed by atoms with Crippen molar-refractivity contribution in [3.8, 4) is 0 Å². The third-order valence-electron chi connectivity index (χ3n) is 2.24. The summed E-state index contributed by atoms with van der Waals surface area (Å²) < 4.78 is 0. The second kappa shape index (κ2) is 5.38. The SMILES string of the molecule is [C-]#[N+]c1ccc(N=Nc2ccc([N+]#[C-])cc2)cc1. The van der Waals surface area contributed by atoms with Crippen LogP contribution in [-0.2, 0) is 0 Å². The number of nitrogens with zero attached hydrogens (tertiary/aromatic N) is 4. The van der Waals surface area contributed by atoms with Crippen LogP contribution >= 0.6 is 0 Å². The minimum absolute atomic E-state index is 0.579. The lowest BCUT2D eigenvalue weighted by Gasteiger charge is -1.94. The van der Waals surface area contributed by atoms with E-state index in [-0.39, 0.29) is 0 Å². The molecule has 2 aromatic rings. The summed E-state index contributed by atoms with van der Waals surface area (Å²) in [5.74, 6) is 0. The van der Waals surface area contributed by atoms with Crippen LogP contribution in [0, 0.1) is 13.1 Å². The van der Waals surface area contributed by atoms with Crippen LogP contribution in [0.2, 0.25) is 0 Å². The number of benzene rings is 2. The first-order chi connectivity index (χ1) is 8.81. The lowest BCUT2D eigenvalue weighted by Crippen LogP contribution is -1.65. The quantitative estimate of drug-likeness (QED) is 0.503. The molecular formula is C14H8N4. The molecule has 0 N–H and O–H groups in total. The zero-order valence-corrected chi connectivity index (χ0v) is 9.41. The molecule has 18 heavy (non-hydrogen) atoms. The van der Waals surface area contributed by atoms with E-state index in [2.05, 4.69) is 19.9 Å². The third-order valence-corrected chi connectivity index (χ3v) is 2.24. The Kier molecular flexibility index (Phi) is 3.44. The average Bonchev–Trinajstić information content (AvgIpc) is 2.46. The van der Waals surface area contributed by atoms with Gasteiger partial charge < -0.3 is 0 Å². The number of azo groups is 1. The van der Waals surface area contributed by atoms with Crippen molar-refractivity contribution in [3.05, 3.63) is 71.4 Å². The van der Waals surface area contributed by atoms with Gasteiger partial charge >= 0.3 is 0 Å². The molecule has 2 aromatic carbocycles. The van der Waals surface area contributed by atoms with Gasteiger partial charge in [-0.3, -0.25) is 0 Å². The maximum atomic E-state index is 6.84. The second-order valence-corrected chi connectivity index (χ2v) is 3.46. The second-order valence-electron chi connectivity index (χ2n) is 3.46. The molecule has 2 rings (SSSR count). The molecular weight excluding hydrogens is 224 g/mol. The normalized spacial score (nSPS) is 9.89. The van der Waals surface area contributed by atoms with Crippen LogP contribution in [0.5, 0.6) is 0 Å². The maximum absolute atomic E-state index is 6.84. The first-order valence-corrected chi connectivity index (χ1v) is 5.18. The monoisotopic (exact) mass is 232 g/mol. The van der Waals surface area contributed by atoms with Gasteiger partial charge in [0.25, 0.3) is 0 Å². The molecule has 0 radical (unpaired) electrons. The van der Waals surface area contributed by atoms with E-state index in [9.17, 15) is 0 Å². The molecule has 0 bridgehead atoms. The Morgan fingerprint density at radius 3 is 1.22 bits per heavy atom. The maximum Gasteiger partial charge on any atom is 0.187 e. The van der Waals surface area contributed by atoms with E-state index >= 15 is 0 Å². The molecule has 0 aliphatic rings. The molecule has 4 nitrogen and oxygen atoms in total. The molecule has 0 aliphatic carbocycles. The van der Waals surface area contributed by atoms with E-state index in [4.69, 9.17) is 13.1 Å². The molecule has 84 valence electrons. The van der Waals surface area contributed by atoms with E-state index in [0.29, 0.717) is 22.7 Å². The van der Waals surface area contributed by atoms with E-state index in [0.717, 1.165) is 0 Å². The van der Waals surface area contributed by atoms with Gasteiger partial charge in [0.2, 0.25) is 0 Å². The van der Waals surface area contributed by atoms with Crippen LogP contribution in [0.4, 0.5) is 22.7 Å². The van der Waals surface area contributed by atoms with Gasteiger partial charge in [0.05, 0.1) is 24.5 Å². The van der Waals surface area contributed by atoms with Gasteiger partial charge in [-0.1, -0.05) is 24.3 Å². The predicted molar refractivity (Wildman–Crippen MR) is 69.6 cm³/mol. The molecule has 0 fully saturated rings. The van der Waals surface area contributed by atoms with Gasteiger partial charge in [-0.05, 0) is 24.3 Å². The van der Waals surface area contributed by atoms with Crippen LogP contribution in [0.3, 0.4) is 0 Å². The highest BCUT2D eigenvalue weighted by Gasteiger charge is 1.93. The van der Waals surface area contributed by atoms with Gasteiger partial charge in [-0.25, -0.2) is 9.69 Å². The minimum Gasteiger partial charge on any atom is -0.238 e. The highest BCUT2D eigenvalue weighted by Crippen LogP contribution is 2.23. The van der Waals surface area contributed by atoms with Crippen molar-refractivity contribution in [2.75, 3.05) is 0 Å². The summed E-state index contributed by atoms with van der Waals surface area (Å²) in [6.45, 7) is 13.7. The topological polar surface area (TPSA) is 33.4 Å². The smallest absolute Gasteiger partial charge is 0.187 e. The lowest BCUT2D eigenvalue weighted by atomic mass is 10.3. The fourth-order valence-electron chi connectivity index (χ4n) is 1.30. The Morgan fingerprint density at radius 1 is 0.611 bits per heavy atom. The summed E-state index contributed by atoms with van der Waals surface area (Å²) in [5, 5.41) is 8.10. The van der Waals surface area contributed by atoms with Crippen LogP contribution in [-0.4, -0.2) is 0 Å². The highest BCUT2D eigenvalue weighted by molar-refractivity contribution is 5.53. The lowest BCUT2D eigenvalue weighted by molar-refractivity contribution is 1.23. The first-order valence-electron chi connectivity index (χ1n) is 5.18. The Bertz CT molecular complexity index is 581. The molecule has 0 atom stereocenters. The molecule has 0 saturated carbocycles. The fourth-order valence-corrected chi connectivity index (χ4v) is 1.30. The Labute approximate surface area is 105 Å². The van der Waals surface area contributed by atoms with E-state index in [1.165, 1.54) is 0 Å². The predicted octanol–water partition coefficient (Wildman–Crippen LogP) is 5.20. The van der Waals surface area contributed by atoms with Crippen molar-refractivity contribution in [1.82, 2.24) is 0 Å². The van der Waals surface area contributed by atoms with Gasteiger partial charge in [0.15, 0.2) is 11.4 Å². The number of hydrogen-bond donors (Lipinski definition) is 0. The standard InChI is InChI=1S/C14H8N4/c1-15-11-3-7-13(8-4-11)17-18-14-9-5-12(16-2)6-10-14/h3-10H. The van der Waals surface area contributed by atoms with E-state index in [1.54, 1.807) is 48.5 Å². The van der Waals surface area contributed by atoms with Crippen molar-refractivity contribution < 1.29 is 0 Å². The molecule has 0 aromatic heterocycles. The minimum atomic E-state index is 0.579. The summed E-state index contributed by atoms with van der Waals surface area (Å²) in [4.78, 5) is 6.60. The molecule has 0 heterocycles. The van der Waals surface area contributed by atoms with Crippen LogP contribution in [0.25, 0.3) is 9.69 Å². The Balaban J connectivity index is 2.14. The van der Waals surface area contributed by atoms with Crippen molar-refractivity contribution in [2.45, 2.75) is 0 Å². The van der Waals surface area contributed by atoms with Gasteiger partial charge in [0.1, 0.15) is 0 Å². The largest absolute Gasteiger partial charge is 0.238 e. The van der Waals surface area contributed by atoms with Crippen LogP contribution in [0.15, 0.2) is 58.8 Å². The molecule has 0 spiro atoms. The molecule has 0 aliphatic heterocycles. The Morgan fingerprint density at radius 2 is 0.944 bits per heavy atom. The van der Waals surface area contributed by atoms with Crippen LogP contribution < -0.4 is 0 Å². The summed E-state index contributed by atoms with van der Waals surface area (Å²) >= 11 is 0. The van der Waals surface area contributed by atoms with Gasteiger partial charge in [0, 0.05) is 0 Å². The zero-order chi connectivity index (χ0) is 12.8. The van der Waals surface area contributed by atoms with E-state index in [1.807, 2.05) is 0 Å². The fraction of sp³-hybridized carbons (Fsp3) is 0. The third kappa shape index (κ3) is 2.78. The summed E-state index contributed by atoms with van der Waals surface area (Å²) in [6, 6.07) is 13.8. The number of hydrogen-bond acceptors (Lipinski definition) is 2. The summed E-state index contributed by atoms with van der Waals surface area (Å²) in [6.07, 6.45) is 0. The Hall–Kier alpha value is -2.98. The highest BCUT2D eigenvalue weighted by atomic mass is 15.1. The molecule has 4 heteroatoms. The molecule has 0 amide bonds. The average molecular weight is 232 g/mol. The van der Waals surface area contributed by atoms with Crippen molar-refractivity contribution in [2.24, 2.45) is 10.2 Å². The summed E-state index contributed by atoms with van der Waals surface area (Å²) in [5.41, 5.74) is 2.54. The summed E-state index contributed by atoms with van der Waals surface area (Å²) in [7, 11) is 0. The van der Waals surface area contributed by atoms with Crippen LogP contribution in [0.1, 0.15) is 0 Å². The van der Waals surface area contributed by atoms with Crippen molar-refractivity contribution in [3.63, 3.8) is 0 Å². The first kappa shape index (κ1) is 11.5. The number of rotatable bonds is 2. The zero-order valence-electron chi connectivity index (χ0n) is 9.41. The van der Waals surface area contributed by atoms with Gasteiger partial charge in [-0.15, -0.1) is 0 Å². The van der Waals surface area contributed by atoms with Crippen molar-refractivity contribution in [1.29, 1.82) is 0 Å². The molecule has 0 unspecified atom stereocenters. The van der Waals surface area contributed by atoms with Crippen molar-refractivity contribution >= 4 is 22.7 Å². The van der Waals surface area contributed by atoms with E-state index < -0.39 is 0 Å².